The van der Waals surface area contributed by atoms with Crippen molar-refractivity contribution in [3.63, 3.8) is 0 Å². The summed E-state index contributed by atoms with van der Waals surface area (Å²) in [5.41, 5.74) is 3.50. The summed E-state index contributed by atoms with van der Waals surface area (Å²) in [6.07, 6.45) is 8.60. The predicted octanol–water partition coefficient (Wildman–Crippen LogP) is 4.53. The zero-order valence-corrected chi connectivity index (χ0v) is 14.2. The van der Waals surface area contributed by atoms with Gasteiger partial charge in [-0.1, -0.05) is 39.5 Å². The highest BCUT2D eigenvalue weighted by Crippen LogP contribution is 2.38. The van der Waals surface area contributed by atoms with Crippen LogP contribution in [-0.4, -0.2) is 19.3 Å². The highest BCUT2D eigenvalue weighted by molar-refractivity contribution is 7.71. The predicted molar refractivity (Wildman–Crippen MR) is 89.2 cm³/mol. The number of aromatic nitrogens is 4. The second-order valence-electron chi connectivity index (χ2n) is 6.34. The number of imidazole rings is 1. The molecule has 1 aliphatic carbocycles. The molecule has 0 radical (unpaired) electrons. The van der Waals surface area contributed by atoms with E-state index in [1.54, 1.807) is 0 Å². The maximum Gasteiger partial charge on any atom is 0.179 e. The smallest absolute Gasteiger partial charge is 0.179 e. The van der Waals surface area contributed by atoms with E-state index in [0.29, 0.717) is 6.04 Å². The summed E-state index contributed by atoms with van der Waals surface area (Å²) in [6, 6.07) is 0.537. The van der Waals surface area contributed by atoms with Gasteiger partial charge in [-0.2, -0.15) is 5.10 Å². The van der Waals surface area contributed by atoms with Gasteiger partial charge in [-0.3, -0.25) is 9.25 Å². The topological polar surface area (TPSA) is 38.5 Å². The number of nitrogens with one attached hydrogen (secondary N) is 1. The number of rotatable bonds is 4. The van der Waals surface area contributed by atoms with Crippen LogP contribution in [0.15, 0.2) is 0 Å². The van der Waals surface area contributed by atoms with E-state index in [1.807, 2.05) is 11.7 Å². The van der Waals surface area contributed by atoms with E-state index in [-0.39, 0.29) is 0 Å². The maximum atomic E-state index is 5.66. The third-order valence-electron chi connectivity index (χ3n) is 4.98. The van der Waals surface area contributed by atoms with Crippen molar-refractivity contribution in [2.75, 3.05) is 0 Å². The van der Waals surface area contributed by atoms with Crippen LogP contribution in [-0.2, 0) is 13.5 Å². The average Bonchev–Trinajstić information content (AvgIpc) is 2.97. The summed E-state index contributed by atoms with van der Waals surface area (Å²) in [5.74, 6) is 0.744. The molecule has 5 heteroatoms. The van der Waals surface area contributed by atoms with Crippen molar-refractivity contribution in [2.24, 2.45) is 13.0 Å². The molecule has 3 rings (SSSR count). The molecule has 0 saturated heterocycles. The Morgan fingerprint density at radius 1 is 1.29 bits per heavy atom. The Morgan fingerprint density at radius 3 is 2.76 bits per heavy atom. The third kappa shape index (κ3) is 2.45. The highest BCUT2D eigenvalue weighted by atomic mass is 32.1. The SMILES string of the molecule is CCCc1nn(C)c2c1[nH]c(=S)n2C1CCCCC1CC. The van der Waals surface area contributed by atoms with E-state index in [9.17, 15) is 0 Å². The maximum absolute atomic E-state index is 5.66. The molecule has 116 valence electrons. The van der Waals surface area contributed by atoms with E-state index >= 15 is 0 Å². The van der Waals surface area contributed by atoms with Gasteiger partial charge in [-0.15, -0.1) is 0 Å². The van der Waals surface area contributed by atoms with Gasteiger partial charge in [0.15, 0.2) is 10.4 Å². The molecule has 2 heterocycles. The fourth-order valence-corrected chi connectivity index (χ4v) is 4.28. The molecule has 2 atom stereocenters. The number of aryl methyl sites for hydroxylation is 2. The van der Waals surface area contributed by atoms with Gasteiger partial charge in [0.05, 0.1) is 5.69 Å². The van der Waals surface area contributed by atoms with Crippen LogP contribution in [0.2, 0.25) is 0 Å². The first-order chi connectivity index (χ1) is 10.2. The van der Waals surface area contributed by atoms with E-state index in [2.05, 4.69) is 23.4 Å². The van der Waals surface area contributed by atoms with E-state index in [4.69, 9.17) is 17.3 Å². The van der Waals surface area contributed by atoms with Gasteiger partial charge in [-0.25, -0.2) is 0 Å². The van der Waals surface area contributed by atoms with E-state index < -0.39 is 0 Å². The van der Waals surface area contributed by atoms with Crippen molar-refractivity contribution in [3.05, 3.63) is 10.5 Å². The lowest BCUT2D eigenvalue weighted by atomic mass is 9.83. The van der Waals surface area contributed by atoms with Gasteiger partial charge in [0.25, 0.3) is 0 Å². The molecule has 1 aliphatic rings. The monoisotopic (exact) mass is 306 g/mol. The van der Waals surface area contributed by atoms with Crippen molar-refractivity contribution >= 4 is 23.4 Å². The van der Waals surface area contributed by atoms with E-state index in [1.165, 1.54) is 37.8 Å². The highest BCUT2D eigenvalue weighted by Gasteiger charge is 2.28. The zero-order chi connectivity index (χ0) is 15.0. The van der Waals surface area contributed by atoms with Gasteiger partial charge < -0.3 is 4.98 Å². The molecule has 4 nitrogen and oxygen atoms in total. The number of nitrogens with zero attached hydrogens (tertiary/aromatic N) is 3. The lowest BCUT2D eigenvalue weighted by Gasteiger charge is -2.32. The molecule has 1 N–H and O–H groups in total. The lowest BCUT2D eigenvalue weighted by molar-refractivity contribution is 0.233. The van der Waals surface area contributed by atoms with Crippen LogP contribution in [0.5, 0.6) is 0 Å². The Labute approximate surface area is 131 Å². The second kappa shape index (κ2) is 5.95. The van der Waals surface area contributed by atoms with Crippen molar-refractivity contribution in [3.8, 4) is 0 Å². The van der Waals surface area contributed by atoms with Crippen molar-refractivity contribution in [1.29, 1.82) is 0 Å². The van der Waals surface area contributed by atoms with Crippen LogP contribution in [0.25, 0.3) is 11.2 Å². The van der Waals surface area contributed by atoms with Crippen LogP contribution >= 0.6 is 12.2 Å². The van der Waals surface area contributed by atoms with Gasteiger partial charge in [-0.05, 0) is 37.4 Å². The first-order valence-corrected chi connectivity index (χ1v) is 8.74. The van der Waals surface area contributed by atoms with Crippen LogP contribution in [0, 0.1) is 10.7 Å². The molecule has 1 saturated carbocycles. The van der Waals surface area contributed by atoms with Crippen molar-refractivity contribution in [2.45, 2.75) is 64.8 Å². The summed E-state index contributed by atoms with van der Waals surface area (Å²) in [6.45, 7) is 4.50. The summed E-state index contributed by atoms with van der Waals surface area (Å²) >= 11 is 5.66. The van der Waals surface area contributed by atoms with Crippen LogP contribution < -0.4 is 0 Å². The van der Waals surface area contributed by atoms with Gasteiger partial charge in [0.2, 0.25) is 0 Å². The van der Waals surface area contributed by atoms with Crippen molar-refractivity contribution in [1.82, 2.24) is 19.3 Å². The lowest BCUT2D eigenvalue weighted by Crippen LogP contribution is -2.23. The molecule has 0 aliphatic heterocycles. The molecule has 0 bridgehead atoms. The summed E-state index contributed by atoms with van der Waals surface area (Å²) < 4.78 is 5.26. The van der Waals surface area contributed by atoms with Gasteiger partial charge in [0.1, 0.15) is 5.52 Å². The number of hydrogen-bond donors (Lipinski definition) is 1. The Hall–Kier alpha value is -1.10. The van der Waals surface area contributed by atoms with Crippen LogP contribution in [0.1, 0.15) is 64.1 Å². The van der Waals surface area contributed by atoms with Gasteiger partial charge in [0, 0.05) is 13.1 Å². The molecule has 21 heavy (non-hydrogen) atoms. The Morgan fingerprint density at radius 2 is 2.05 bits per heavy atom. The molecule has 0 aromatic carbocycles. The Bertz CT molecular complexity index is 678. The van der Waals surface area contributed by atoms with Crippen LogP contribution in [0.4, 0.5) is 0 Å². The first kappa shape index (κ1) is 14.8. The van der Waals surface area contributed by atoms with Crippen molar-refractivity contribution < 1.29 is 0 Å². The number of hydrogen-bond acceptors (Lipinski definition) is 2. The molecule has 0 amide bonds. The molecule has 0 spiro atoms. The summed E-state index contributed by atoms with van der Waals surface area (Å²) in [7, 11) is 2.05. The molecule has 2 unspecified atom stereocenters. The Balaban J connectivity index is 2.13. The fraction of sp³-hybridized carbons (Fsp3) is 0.750. The van der Waals surface area contributed by atoms with E-state index in [0.717, 1.165) is 34.7 Å². The number of H-pyrrole nitrogens is 1. The molecule has 2 aromatic heterocycles. The van der Waals surface area contributed by atoms with Crippen LogP contribution in [0.3, 0.4) is 0 Å². The second-order valence-corrected chi connectivity index (χ2v) is 6.73. The first-order valence-electron chi connectivity index (χ1n) is 8.33. The minimum Gasteiger partial charge on any atom is -0.328 e. The largest absolute Gasteiger partial charge is 0.328 e. The van der Waals surface area contributed by atoms with Gasteiger partial charge >= 0.3 is 0 Å². The minimum absolute atomic E-state index is 0.537. The summed E-state index contributed by atoms with van der Waals surface area (Å²) in [4.78, 5) is 3.44. The minimum atomic E-state index is 0.537. The Kier molecular flexibility index (Phi) is 4.20. The fourth-order valence-electron chi connectivity index (χ4n) is 3.96. The normalized spacial score (nSPS) is 23.0. The molecule has 1 fully saturated rings. The number of fused-ring (bicyclic) bond motifs is 1. The molecular weight excluding hydrogens is 280 g/mol. The number of aromatic amines is 1. The zero-order valence-electron chi connectivity index (χ0n) is 13.4. The molecule has 2 aromatic rings. The molecular formula is C16H26N4S. The third-order valence-corrected chi connectivity index (χ3v) is 5.28. The summed E-state index contributed by atoms with van der Waals surface area (Å²) in [5, 5.41) is 4.71. The standard InChI is InChI=1S/C16H26N4S/c1-4-8-12-14-15(19(3)18-12)20(16(21)17-14)13-10-7-6-9-11(13)5-2/h11,13H,4-10H2,1-3H3,(H,17,21). The quantitative estimate of drug-likeness (QED) is 0.843. The average molecular weight is 306 g/mol.